The minimum Gasteiger partial charge on any atom is -0.480 e. The molecule has 308 valence electrons. The molecule has 0 heterocycles. The Bertz CT molecular complexity index is 906. The van der Waals surface area contributed by atoms with E-state index in [4.69, 9.17) is 24.8 Å². The number of ether oxygens (including phenoxy) is 2. The molecule has 0 aromatic carbocycles. The average molecular weight is 764 g/mol. The second kappa shape index (κ2) is 36.5. The highest BCUT2D eigenvalue weighted by atomic mass is 31.2. The summed E-state index contributed by atoms with van der Waals surface area (Å²) in [5.41, 5.74) is 5.32. The van der Waals surface area contributed by atoms with E-state index >= 15 is 0 Å². The molecule has 0 bridgehead atoms. The van der Waals surface area contributed by atoms with Crippen molar-refractivity contribution < 1.29 is 47.5 Å². The maximum absolute atomic E-state index is 12.5. The van der Waals surface area contributed by atoms with Gasteiger partial charge in [-0.05, 0) is 12.8 Å². The molecule has 0 saturated heterocycles. The summed E-state index contributed by atoms with van der Waals surface area (Å²) >= 11 is 0. The molecule has 11 nitrogen and oxygen atoms in total. The summed E-state index contributed by atoms with van der Waals surface area (Å²) in [5.74, 6) is -2.36. The van der Waals surface area contributed by atoms with E-state index in [9.17, 15) is 23.8 Å². The highest BCUT2D eigenvalue weighted by molar-refractivity contribution is 7.47. The topological polar surface area (TPSA) is 172 Å². The van der Waals surface area contributed by atoms with Crippen LogP contribution >= 0.6 is 7.82 Å². The van der Waals surface area contributed by atoms with E-state index in [0.717, 1.165) is 38.5 Å². The van der Waals surface area contributed by atoms with Gasteiger partial charge < -0.3 is 25.2 Å². The number of hydrogen-bond donors (Lipinski definition) is 3. The van der Waals surface area contributed by atoms with Gasteiger partial charge in [0.05, 0.1) is 13.2 Å². The molecule has 0 radical (unpaired) electrons. The van der Waals surface area contributed by atoms with Crippen molar-refractivity contribution in [1.82, 2.24) is 0 Å². The predicted molar refractivity (Wildman–Crippen MR) is 208 cm³/mol. The van der Waals surface area contributed by atoms with Crippen molar-refractivity contribution in [2.24, 2.45) is 5.73 Å². The maximum atomic E-state index is 12.5. The third kappa shape index (κ3) is 35.5. The quantitative estimate of drug-likeness (QED) is 0.0308. The first-order valence-electron chi connectivity index (χ1n) is 21.1. The number of esters is 2. The van der Waals surface area contributed by atoms with Gasteiger partial charge in [-0.1, -0.05) is 181 Å². The zero-order valence-corrected chi connectivity index (χ0v) is 34.1. The van der Waals surface area contributed by atoms with Crippen LogP contribution in [-0.4, -0.2) is 59.9 Å². The lowest BCUT2D eigenvalue weighted by atomic mass is 10.0. The van der Waals surface area contributed by atoms with Gasteiger partial charge in [0, 0.05) is 12.8 Å². The van der Waals surface area contributed by atoms with Crippen LogP contribution in [0.2, 0.25) is 0 Å². The molecular formula is C40H78NO10P. The van der Waals surface area contributed by atoms with Gasteiger partial charge in [-0.3, -0.25) is 23.4 Å². The summed E-state index contributed by atoms with van der Waals surface area (Å²) < 4.78 is 32.6. The van der Waals surface area contributed by atoms with Crippen molar-refractivity contribution >= 4 is 25.7 Å². The number of hydrogen-bond acceptors (Lipinski definition) is 9. The standard InChI is InChI=1S/C40H78NO10P/c1-3-5-7-9-11-13-15-16-17-18-19-20-21-22-24-25-27-29-31-38(42)48-33-36(34-49-52(46,47)50-35-37(41)40(44)45)51-39(43)32-30-28-26-23-14-12-10-8-6-4-2/h36-37H,3-35,41H2,1-2H3,(H,44,45)(H,46,47)/t36-,37+/m1/s1. The highest BCUT2D eigenvalue weighted by Crippen LogP contribution is 2.43. The molecule has 12 heteroatoms. The first-order chi connectivity index (χ1) is 25.1. The molecule has 0 aromatic heterocycles. The third-order valence-electron chi connectivity index (χ3n) is 9.36. The van der Waals surface area contributed by atoms with Crippen LogP contribution in [0, 0.1) is 0 Å². The summed E-state index contributed by atoms with van der Waals surface area (Å²) in [4.78, 5) is 45.8. The van der Waals surface area contributed by atoms with Crippen LogP contribution in [0.15, 0.2) is 0 Å². The number of carboxylic acid groups (broad SMARTS) is 1. The van der Waals surface area contributed by atoms with E-state index in [0.29, 0.717) is 12.8 Å². The molecule has 52 heavy (non-hydrogen) atoms. The lowest BCUT2D eigenvalue weighted by Crippen LogP contribution is -2.34. The Hall–Kier alpha value is -1.52. The minimum atomic E-state index is -4.70. The summed E-state index contributed by atoms with van der Waals surface area (Å²) in [6.45, 7) is 2.80. The second-order valence-electron chi connectivity index (χ2n) is 14.5. The van der Waals surface area contributed by atoms with Crippen molar-refractivity contribution in [3.8, 4) is 0 Å². The fourth-order valence-electron chi connectivity index (χ4n) is 6.01. The molecule has 1 unspecified atom stereocenters. The smallest absolute Gasteiger partial charge is 0.472 e. The fraction of sp³-hybridized carbons (Fsp3) is 0.925. The maximum Gasteiger partial charge on any atom is 0.472 e. The lowest BCUT2D eigenvalue weighted by molar-refractivity contribution is -0.161. The minimum absolute atomic E-state index is 0.168. The zero-order valence-electron chi connectivity index (χ0n) is 33.2. The van der Waals surface area contributed by atoms with Crippen LogP contribution < -0.4 is 5.73 Å². The Kier molecular flexibility index (Phi) is 35.4. The van der Waals surface area contributed by atoms with Gasteiger partial charge in [0.25, 0.3) is 0 Å². The van der Waals surface area contributed by atoms with Crippen LogP contribution in [0.25, 0.3) is 0 Å². The molecular weight excluding hydrogens is 685 g/mol. The van der Waals surface area contributed by atoms with Gasteiger partial charge in [-0.15, -0.1) is 0 Å². The van der Waals surface area contributed by atoms with Gasteiger partial charge in [-0.2, -0.15) is 0 Å². The largest absolute Gasteiger partial charge is 0.480 e. The number of phosphoric ester groups is 1. The van der Waals surface area contributed by atoms with Gasteiger partial charge in [0.1, 0.15) is 12.6 Å². The van der Waals surface area contributed by atoms with Crippen molar-refractivity contribution in [1.29, 1.82) is 0 Å². The molecule has 4 N–H and O–H groups in total. The first-order valence-corrected chi connectivity index (χ1v) is 22.6. The van der Waals surface area contributed by atoms with Gasteiger partial charge in [0.15, 0.2) is 6.10 Å². The second-order valence-corrected chi connectivity index (χ2v) is 15.9. The summed E-state index contributed by atoms with van der Waals surface area (Å²) in [6, 6.07) is -1.51. The van der Waals surface area contributed by atoms with Crippen molar-refractivity contribution in [3.05, 3.63) is 0 Å². The molecule has 0 aliphatic carbocycles. The van der Waals surface area contributed by atoms with E-state index in [1.807, 2.05) is 0 Å². The first kappa shape index (κ1) is 50.5. The third-order valence-corrected chi connectivity index (χ3v) is 10.3. The van der Waals surface area contributed by atoms with Crippen LogP contribution in [0.3, 0.4) is 0 Å². The summed E-state index contributed by atoms with van der Waals surface area (Å²) in [5, 5.41) is 8.86. The molecule has 0 aliphatic heterocycles. The van der Waals surface area contributed by atoms with Crippen LogP contribution in [0.4, 0.5) is 0 Å². The Morgan fingerprint density at radius 1 is 0.519 bits per heavy atom. The van der Waals surface area contributed by atoms with Crippen LogP contribution in [-0.2, 0) is 37.5 Å². The van der Waals surface area contributed by atoms with Crippen molar-refractivity contribution in [2.75, 3.05) is 19.8 Å². The summed E-state index contributed by atoms with van der Waals surface area (Å²) in [6.07, 6.45) is 33.2. The van der Waals surface area contributed by atoms with Crippen molar-refractivity contribution in [2.45, 2.75) is 219 Å². The lowest BCUT2D eigenvalue weighted by Gasteiger charge is -2.20. The number of phosphoric acid groups is 1. The Balaban J connectivity index is 4.26. The molecule has 0 aromatic rings. The predicted octanol–water partition coefficient (Wildman–Crippen LogP) is 10.7. The van der Waals surface area contributed by atoms with E-state index in [1.165, 1.54) is 128 Å². The Morgan fingerprint density at radius 3 is 1.21 bits per heavy atom. The number of nitrogens with two attached hydrogens (primary N) is 1. The van der Waals surface area contributed by atoms with E-state index in [-0.39, 0.29) is 19.4 Å². The molecule has 0 rings (SSSR count). The molecule has 0 saturated carbocycles. The number of rotatable bonds is 40. The van der Waals surface area contributed by atoms with Gasteiger partial charge in [0.2, 0.25) is 0 Å². The monoisotopic (exact) mass is 764 g/mol. The fourth-order valence-corrected chi connectivity index (χ4v) is 6.79. The van der Waals surface area contributed by atoms with Crippen LogP contribution in [0.5, 0.6) is 0 Å². The Labute approximate surface area is 316 Å². The number of unbranched alkanes of at least 4 members (excludes halogenated alkanes) is 26. The molecule has 3 atom stereocenters. The Morgan fingerprint density at radius 2 is 0.846 bits per heavy atom. The average Bonchev–Trinajstić information content (AvgIpc) is 3.12. The number of aliphatic carboxylic acids is 1. The zero-order chi connectivity index (χ0) is 38.5. The molecule has 0 amide bonds. The van der Waals surface area contributed by atoms with Gasteiger partial charge >= 0.3 is 25.7 Å². The van der Waals surface area contributed by atoms with Gasteiger partial charge in [-0.25, -0.2) is 4.57 Å². The normalized spacial score (nSPS) is 13.8. The van der Waals surface area contributed by atoms with E-state index < -0.39 is 51.1 Å². The van der Waals surface area contributed by atoms with Crippen LogP contribution in [0.1, 0.15) is 206 Å². The SMILES string of the molecule is CCCCCCCCCCCCCCCCCCCCC(=O)OC[C@H](COP(=O)(O)OC[C@H](N)C(=O)O)OC(=O)CCCCCCCCCCCC. The summed E-state index contributed by atoms with van der Waals surface area (Å²) in [7, 11) is -4.70. The molecule has 0 aliphatic rings. The van der Waals surface area contributed by atoms with E-state index in [1.54, 1.807) is 0 Å². The van der Waals surface area contributed by atoms with Crippen molar-refractivity contribution in [3.63, 3.8) is 0 Å². The highest BCUT2D eigenvalue weighted by Gasteiger charge is 2.28. The number of carbonyl (C=O) groups is 3. The van der Waals surface area contributed by atoms with E-state index in [2.05, 4.69) is 18.4 Å². The molecule has 0 spiro atoms. The number of carboxylic acids is 1. The number of carbonyl (C=O) groups excluding carboxylic acids is 2. The molecule has 0 fully saturated rings.